The van der Waals surface area contributed by atoms with Gasteiger partial charge >= 0.3 is 6.01 Å². The standard InChI is InChI=1S/C25H25FN6O3/c1-16(18-6-8-19(26)9-7-18)31-10-12-32(13-11-31)22-14-23(28-15-27-22)34-20-4-3-5-21-24(20)30-25(35-21)29-17(2)33/h3-9,14-16H,10-13H2,1-2H3,(H,29,30,33)/t16-/m0/s1. The third-order valence-corrected chi connectivity index (χ3v) is 6.05. The number of hydrogen-bond acceptors (Lipinski definition) is 8. The first-order valence-corrected chi connectivity index (χ1v) is 11.4. The third kappa shape index (κ3) is 5.07. The van der Waals surface area contributed by atoms with Crippen LogP contribution in [0.25, 0.3) is 11.1 Å². The molecular formula is C25H25FN6O3. The molecule has 1 N–H and O–H groups in total. The van der Waals surface area contributed by atoms with Gasteiger partial charge in [-0.3, -0.25) is 15.0 Å². The number of oxazole rings is 1. The maximum absolute atomic E-state index is 13.3. The van der Waals surface area contributed by atoms with Crippen LogP contribution in [-0.4, -0.2) is 51.9 Å². The van der Waals surface area contributed by atoms with Crippen LogP contribution >= 0.6 is 0 Å². The number of amides is 1. The summed E-state index contributed by atoms with van der Waals surface area (Å²) in [5, 5.41) is 2.54. The van der Waals surface area contributed by atoms with Crippen molar-refractivity contribution < 1.29 is 18.3 Å². The number of benzene rings is 2. The minimum atomic E-state index is -0.272. The number of nitrogens with one attached hydrogen (secondary N) is 1. The lowest BCUT2D eigenvalue weighted by molar-refractivity contribution is -0.114. The second-order valence-electron chi connectivity index (χ2n) is 8.37. The van der Waals surface area contributed by atoms with Gasteiger partial charge in [-0.1, -0.05) is 18.2 Å². The number of fused-ring (bicyclic) bond motifs is 1. The molecule has 1 fully saturated rings. The van der Waals surface area contributed by atoms with Gasteiger partial charge in [-0.05, 0) is 36.8 Å². The van der Waals surface area contributed by atoms with Gasteiger partial charge in [0.2, 0.25) is 11.8 Å². The molecule has 35 heavy (non-hydrogen) atoms. The first kappa shape index (κ1) is 22.7. The van der Waals surface area contributed by atoms with Crippen LogP contribution in [0.1, 0.15) is 25.5 Å². The minimum Gasteiger partial charge on any atom is -0.436 e. The molecule has 0 spiro atoms. The number of hydrogen-bond donors (Lipinski definition) is 1. The van der Waals surface area contributed by atoms with E-state index < -0.39 is 0 Å². The molecule has 0 radical (unpaired) electrons. The molecule has 1 atom stereocenters. The largest absolute Gasteiger partial charge is 0.436 e. The van der Waals surface area contributed by atoms with Crippen molar-refractivity contribution in [3.8, 4) is 11.6 Å². The molecule has 0 saturated carbocycles. The van der Waals surface area contributed by atoms with Crippen molar-refractivity contribution >= 4 is 28.8 Å². The maximum Gasteiger partial charge on any atom is 0.302 e. The van der Waals surface area contributed by atoms with Crippen LogP contribution in [0.3, 0.4) is 0 Å². The van der Waals surface area contributed by atoms with E-state index in [9.17, 15) is 9.18 Å². The summed E-state index contributed by atoms with van der Waals surface area (Å²) in [4.78, 5) is 28.9. The fraction of sp³-hybridized carbons (Fsp3) is 0.280. The summed E-state index contributed by atoms with van der Waals surface area (Å²) < 4.78 is 24.8. The summed E-state index contributed by atoms with van der Waals surface area (Å²) in [5.41, 5.74) is 2.08. The van der Waals surface area contributed by atoms with Gasteiger partial charge in [-0.2, -0.15) is 4.98 Å². The zero-order valence-corrected chi connectivity index (χ0v) is 19.4. The zero-order chi connectivity index (χ0) is 24.4. The first-order valence-electron chi connectivity index (χ1n) is 11.4. The topological polar surface area (TPSA) is 96.6 Å². The van der Waals surface area contributed by atoms with Gasteiger partial charge in [0, 0.05) is 45.2 Å². The number of anilines is 2. The smallest absolute Gasteiger partial charge is 0.302 e. The van der Waals surface area contributed by atoms with Crippen LogP contribution in [-0.2, 0) is 4.79 Å². The van der Waals surface area contributed by atoms with Gasteiger partial charge in [0.25, 0.3) is 0 Å². The number of carbonyl (C=O) groups is 1. The van der Waals surface area contributed by atoms with Gasteiger partial charge in [0.15, 0.2) is 16.8 Å². The molecule has 9 nitrogen and oxygen atoms in total. The molecule has 2 aromatic heterocycles. The number of para-hydroxylation sites is 1. The van der Waals surface area contributed by atoms with Crippen LogP contribution in [0.15, 0.2) is 59.3 Å². The van der Waals surface area contributed by atoms with E-state index in [4.69, 9.17) is 9.15 Å². The number of rotatable bonds is 6. The highest BCUT2D eigenvalue weighted by Crippen LogP contribution is 2.31. The van der Waals surface area contributed by atoms with Crippen LogP contribution in [0.2, 0.25) is 0 Å². The Kier molecular flexibility index (Phi) is 6.28. The fourth-order valence-corrected chi connectivity index (χ4v) is 4.17. The summed E-state index contributed by atoms with van der Waals surface area (Å²) >= 11 is 0. The van der Waals surface area contributed by atoms with Crippen molar-refractivity contribution in [2.24, 2.45) is 0 Å². The Morgan fingerprint density at radius 2 is 1.89 bits per heavy atom. The van der Waals surface area contributed by atoms with Gasteiger partial charge in [-0.25, -0.2) is 14.4 Å². The summed E-state index contributed by atoms with van der Waals surface area (Å²) in [7, 11) is 0. The lowest BCUT2D eigenvalue weighted by atomic mass is 10.1. The highest BCUT2D eigenvalue weighted by molar-refractivity contribution is 5.89. The molecule has 1 aliphatic heterocycles. The van der Waals surface area contributed by atoms with Crippen LogP contribution in [0.4, 0.5) is 16.2 Å². The van der Waals surface area contributed by atoms with E-state index in [0.29, 0.717) is 22.7 Å². The molecule has 1 aliphatic rings. The van der Waals surface area contributed by atoms with Crippen molar-refractivity contribution in [2.45, 2.75) is 19.9 Å². The van der Waals surface area contributed by atoms with Crippen LogP contribution in [0.5, 0.6) is 11.6 Å². The molecule has 0 unspecified atom stereocenters. The third-order valence-electron chi connectivity index (χ3n) is 6.05. The van der Waals surface area contributed by atoms with Crippen LogP contribution in [0, 0.1) is 5.82 Å². The van der Waals surface area contributed by atoms with E-state index in [1.165, 1.54) is 25.4 Å². The normalized spacial score (nSPS) is 15.2. The van der Waals surface area contributed by atoms with Crippen LogP contribution < -0.4 is 15.0 Å². The summed E-state index contributed by atoms with van der Waals surface area (Å²) in [5.74, 6) is 1.13. The highest BCUT2D eigenvalue weighted by atomic mass is 19.1. The molecule has 0 aliphatic carbocycles. The lowest BCUT2D eigenvalue weighted by Gasteiger charge is -2.38. The van der Waals surface area contributed by atoms with E-state index in [0.717, 1.165) is 37.6 Å². The predicted molar refractivity (Wildman–Crippen MR) is 129 cm³/mol. The monoisotopic (exact) mass is 476 g/mol. The molecule has 180 valence electrons. The molecule has 1 saturated heterocycles. The Morgan fingerprint density at radius 1 is 1.11 bits per heavy atom. The van der Waals surface area contributed by atoms with Crippen molar-refractivity contribution in [3.05, 3.63) is 66.2 Å². The Balaban J connectivity index is 1.27. The number of carbonyl (C=O) groups excluding carboxylic acids is 1. The summed E-state index contributed by atoms with van der Waals surface area (Å²) in [6.45, 7) is 6.81. The zero-order valence-electron chi connectivity index (χ0n) is 19.4. The van der Waals surface area contributed by atoms with Crippen molar-refractivity contribution in [3.63, 3.8) is 0 Å². The molecule has 3 heterocycles. The average molecular weight is 477 g/mol. The molecule has 1 amide bonds. The first-order chi connectivity index (χ1) is 17.0. The molecular weight excluding hydrogens is 451 g/mol. The number of halogens is 1. The van der Waals surface area contributed by atoms with E-state index in [1.807, 2.05) is 12.1 Å². The van der Waals surface area contributed by atoms with Crippen molar-refractivity contribution in [1.29, 1.82) is 0 Å². The molecule has 2 aromatic carbocycles. The van der Waals surface area contributed by atoms with Crippen molar-refractivity contribution in [2.75, 3.05) is 36.4 Å². The molecule has 0 bridgehead atoms. The molecule has 4 aromatic rings. The second kappa shape index (κ2) is 9.67. The average Bonchev–Trinajstić information content (AvgIpc) is 3.27. The summed E-state index contributed by atoms with van der Waals surface area (Å²) in [6, 6.07) is 14.1. The molecule has 10 heteroatoms. The molecule has 5 rings (SSSR count). The van der Waals surface area contributed by atoms with Gasteiger partial charge < -0.3 is 14.1 Å². The van der Waals surface area contributed by atoms with Gasteiger partial charge in [0.05, 0.1) is 0 Å². The van der Waals surface area contributed by atoms with E-state index in [2.05, 4.69) is 37.0 Å². The fourth-order valence-electron chi connectivity index (χ4n) is 4.17. The predicted octanol–water partition coefficient (Wildman–Crippen LogP) is 4.39. The Morgan fingerprint density at radius 3 is 2.63 bits per heavy atom. The quantitative estimate of drug-likeness (QED) is 0.438. The van der Waals surface area contributed by atoms with E-state index >= 15 is 0 Å². The number of aromatic nitrogens is 3. The van der Waals surface area contributed by atoms with E-state index in [1.54, 1.807) is 24.3 Å². The minimum absolute atomic E-state index is 0.111. The number of nitrogens with zero attached hydrogens (tertiary/aromatic N) is 5. The van der Waals surface area contributed by atoms with Gasteiger partial charge in [0.1, 0.15) is 18.0 Å². The maximum atomic E-state index is 13.3. The lowest BCUT2D eigenvalue weighted by Crippen LogP contribution is -2.47. The Labute approximate surface area is 201 Å². The van der Waals surface area contributed by atoms with E-state index in [-0.39, 0.29) is 23.8 Å². The van der Waals surface area contributed by atoms with Gasteiger partial charge in [-0.15, -0.1) is 0 Å². The Hall–Kier alpha value is -4.05. The highest BCUT2D eigenvalue weighted by Gasteiger charge is 2.23. The van der Waals surface area contributed by atoms with Crippen molar-refractivity contribution in [1.82, 2.24) is 19.9 Å². The summed E-state index contributed by atoms with van der Waals surface area (Å²) in [6.07, 6.45) is 1.48. The number of piperazine rings is 1. The number of ether oxygens (including phenoxy) is 1. The Bertz CT molecular complexity index is 1330. The second-order valence-corrected chi connectivity index (χ2v) is 8.37. The SMILES string of the molecule is CC(=O)Nc1nc2c(Oc3cc(N4CCN([C@@H](C)c5ccc(F)cc5)CC4)ncn3)cccc2o1.